The third-order valence-corrected chi connectivity index (χ3v) is 11.9. The lowest BCUT2D eigenvalue weighted by Gasteiger charge is -2.41. The molecular formula is C45H70N6O8. The summed E-state index contributed by atoms with van der Waals surface area (Å²) in [7, 11) is 6.66. The fraction of sp³-hybridized carbons (Fsp3) is 0.644. The average Bonchev–Trinajstić information content (AvgIpc) is 3.69. The van der Waals surface area contributed by atoms with E-state index in [4.69, 9.17) is 9.47 Å². The molecule has 2 heterocycles. The van der Waals surface area contributed by atoms with E-state index in [1.165, 1.54) is 7.11 Å². The first-order chi connectivity index (χ1) is 28.0. The number of carboxylic acid groups (broad SMARTS) is 1. The molecule has 328 valence electrons. The minimum absolute atomic E-state index is 0.0251. The molecular weight excluding hydrogens is 753 g/mol. The van der Waals surface area contributed by atoms with Crippen LogP contribution in [0.5, 0.6) is 0 Å². The summed E-state index contributed by atoms with van der Waals surface area (Å²) in [5.74, 6) is -3.41. The zero-order valence-electron chi connectivity index (χ0n) is 37.1. The number of ether oxygens (including phenoxy) is 2. The zero-order valence-corrected chi connectivity index (χ0v) is 37.1. The van der Waals surface area contributed by atoms with Crippen molar-refractivity contribution in [2.45, 2.75) is 130 Å². The highest BCUT2D eigenvalue weighted by atomic mass is 16.5. The van der Waals surface area contributed by atoms with E-state index in [0.29, 0.717) is 32.4 Å². The number of likely N-dealkylation sites (tertiary alicyclic amines) is 1. The molecule has 1 aromatic carbocycles. The molecule has 0 radical (unpaired) electrons. The van der Waals surface area contributed by atoms with Crippen molar-refractivity contribution in [3.05, 3.63) is 66.0 Å². The van der Waals surface area contributed by atoms with Crippen molar-refractivity contribution in [2.24, 2.45) is 23.7 Å². The summed E-state index contributed by atoms with van der Waals surface area (Å²) >= 11 is 0. The van der Waals surface area contributed by atoms with Crippen LogP contribution in [-0.4, -0.2) is 132 Å². The Hall–Kier alpha value is -4.40. The second-order valence-corrected chi connectivity index (χ2v) is 16.9. The zero-order chi connectivity index (χ0) is 44.0. The van der Waals surface area contributed by atoms with Crippen molar-refractivity contribution < 1.29 is 38.6 Å². The average molecular weight is 823 g/mol. The van der Waals surface area contributed by atoms with Gasteiger partial charge in [-0.05, 0) is 60.9 Å². The normalized spacial score (nSPS) is 18.4. The highest BCUT2D eigenvalue weighted by Gasteiger charge is 2.43. The number of hydrogen-bond acceptors (Lipinski definition) is 9. The number of methoxy groups -OCH3 is 2. The number of benzene rings is 1. The van der Waals surface area contributed by atoms with Crippen LogP contribution in [0, 0.1) is 23.7 Å². The maximum Gasteiger partial charge on any atom is 0.326 e. The van der Waals surface area contributed by atoms with Gasteiger partial charge in [-0.1, -0.05) is 85.2 Å². The molecule has 9 atom stereocenters. The van der Waals surface area contributed by atoms with Crippen molar-refractivity contribution in [1.29, 1.82) is 0 Å². The van der Waals surface area contributed by atoms with Crippen molar-refractivity contribution in [2.75, 3.05) is 34.9 Å². The van der Waals surface area contributed by atoms with Crippen molar-refractivity contribution >= 4 is 29.6 Å². The van der Waals surface area contributed by atoms with E-state index in [1.807, 2.05) is 96.0 Å². The van der Waals surface area contributed by atoms with E-state index in [-0.39, 0.29) is 48.3 Å². The molecule has 0 saturated carbocycles. The van der Waals surface area contributed by atoms with E-state index in [0.717, 1.165) is 11.1 Å². The summed E-state index contributed by atoms with van der Waals surface area (Å²) < 4.78 is 11.9. The van der Waals surface area contributed by atoms with Gasteiger partial charge < -0.3 is 35.0 Å². The SMILES string of the molecule is CC[C@H](C)C([C@@H](CC(=O)N1CCC[C@H]1[C@H](OC)[C@@H](C)C(=O)N[C@@H](Cc1ccccc1)C(=O)O)OC)N(C)C(=O)[C@@H](NC(=O)C(C(C)C)N(C)Cc1ccncc1)C(C)C. The van der Waals surface area contributed by atoms with Gasteiger partial charge in [-0.2, -0.15) is 0 Å². The number of carbonyl (C=O) groups excluding carboxylic acids is 4. The number of carboxylic acids is 1. The van der Waals surface area contributed by atoms with E-state index in [1.54, 1.807) is 43.3 Å². The molecule has 1 fully saturated rings. The van der Waals surface area contributed by atoms with Crippen LogP contribution in [0.2, 0.25) is 0 Å². The summed E-state index contributed by atoms with van der Waals surface area (Å²) in [5.41, 5.74) is 1.81. The molecule has 1 aliphatic rings. The van der Waals surface area contributed by atoms with Crippen molar-refractivity contribution in [3.8, 4) is 0 Å². The standard InChI is InChI=1S/C45H70N6O8/c1-12-30(6)40(50(9)44(55)38(28(2)3)48-43(54)39(29(4)5)49(8)27-33-20-22-46-23-21-33)36(58-10)26-37(52)51-24-16-19-35(51)41(59-11)31(7)42(53)47-34(45(56)57)25-32-17-14-13-15-18-32/h13-15,17-18,20-23,28-31,34-36,38-41H,12,16,19,24-27H2,1-11H3,(H,47,53)(H,48,54)(H,56,57)/t30-,31+,34-,35-,36+,38-,39?,40?,41+/m0/s1. The quantitative estimate of drug-likeness (QED) is 0.146. The van der Waals surface area contributed by atoms with Gasteiger partial charge in [-0.25, -0.2) is 4.79 Å². The molecule has 4 amide bonds. The number of amides is 4. The van der Waals surface area contributed by atoms with E-state index >= 15 is 0 Å². The van der Waals surface area contributed by atoms with Gasteiger partial charge in [0.2, 0.25) is 23.6 Å². The van der Waals surface area contributed by atoms with Crippen LogP contribution in [0.15, 0.2) is 54.9 Å². The predicted octanol–water partition coefficient (Wildman–Crippen LogP) is 4.41. The van der Waals surface area contributed by atoms with Gasteiger partial charge in [0, 0.05) is 53.2 Å². The van der Waals surface area contributed by atoms with Crippen LogP contribution >= 0.6 is 0 Å². The van der Waals surface area contributed by atoms with E-state index in [9.17, 15) is 29.1 Å². The predicted molar refractivity (Wildman–Crippen MR) is 227 cm³/mol. The first kappa shape index (κ1) is 49.0. The number of pyridine rings is 1. The second-order valence-electron chi connectivity index (χ2n) is 16.9. The molecule has 1 aromatic heterocycles. The number of aliphatic carboxylic acids is 1. The van der Waals surface area contributed by atoms with Gasteiger partial charge in [-0.3, -0.25) is 29.1 Å². The Kier molecular flexibility index (Phi) is 19.4. The highest BCUT2D eigenvalue weighted by molar-refractivity contribution is 5.90. The van der Waals surface area contributed by atoms with Crippen LogP contribution < -0.4 is 10.6 Å². The van der Waals surface area contributed by atoms with Gasteiger partial charge >= 0.3 is 5.97 Å². The largest absolute Gasteiger partial charge is 0.480 e. The Morgan fingerprint density at radius 2 is 1.53 bits per heavy atom. The molecule has 14 heteroatoms. The molecule has 2 unspecified atom stereocenters. The van der Waals surface area contributed by atoms with E-state index < -0.39 is 60.2 Å². The molecule has 14 nitrogen and oxygen atoms in total. The number of nitrogens with zero attached hydrogens (tertiary/aromatic N) is 4. The van der Waals surface area contributed by atoms with Crippen molar-refractivity contribution in [3.63, 3.8) is 0 Å². The minimum Gasteiger partial charge on any atom is -0.480 e. The molecule has 0 aliphatic carbocycles. The summed E-state index contributed by atoms with van der Waals surface area (Å²) in [6, 6.07) is 9.54. The summed E-state index contributed by atoms with van der Waals surface area (Å²) in [6.07, 6.45) is 4.18. The number of carbonyl (C=O) groups is 5. The van der Waals surface area contributed by atoms with Crippen LogP contribution in [0.4, 0.5) is 0 Å². The van der Waals surface area contributed by atoms with Gasteiger partial charge in [0.25, 0.3) is 0 Å². The lowest BCUT2D eigenvalue weighted by atomic mass is 9.89. The first-order valence-electron chi connectivity index (χ1n) is 21.0. The number of aromatic nitrogens is 1. The molecule has 0 bridgehead atoms. The minimum atomic E-state index is -1.14. The molecule has 59 heavy (non-hydrogen) atoms. The maximum atomic E-state index is 14.5. The topological polar surface area (TPSA) is 171 Å². The Morgan fingerprint density at radius 3 is 2.07 bits per heavy atom. The van der Waals surface area contributed by atoms with Crippen LogP contribution in [0.25, 0.3) is 0 Å². The van der Waals surface area contributed by atoms with Crippen LogP contribution in [0.3, 0.4) is 0 Å². The molecule has 3 N–H and O–H groups in total. The fourth-order valence-corrected chi connectivity index (χ4v) is 8.52. The van der Waals surface area contributed by atoms with Gasteiger partial charge in [0.05, 0.1) is 42.7 Å². The van der Waals surface area contributed by atoms with Crippen LogP contribution in [-0.2, 0) is 46.4 Å². The number of nitrogens with one attached hydrogen (secondary N) is 2. The van der Waals surface area contributed by atoms with Gasteiger partial charge in [0.1, 0.15) is 12.1 Å². The lowest BCUT2D eigenvalue weighted by molar-refractivity contribution is -0.148. The molecule has 1 saturated heterocycles. The number of hydrogen-bond donors (Lipinski definition) is 3. The molecule has 1 aliphatic heterocycles. The number of rotatable bonds is 23. The summed E-state index contributed by atoms with van der Waals surface area (Å²) in [5, 5.41) is 15.7. The lowest BCUT2D eigenvalue weighted by Crippen LogP contribution is -2.60. The monoisotopic (exact) mass is 823 g/mol. The Morgan fingerprint density at radius 1 is 0.881 bits per heavy atom. The highest BCUT2D eigenvalue weighted by Crippen LogP contribution is 2.30. The molecule has 3 rings (SSSR count). The Bertz CT molecular complexity index is 1650. The Labute approximate surface area is 351 Å². The van der Waals surface area contributed by atoms with Gasteiger partial charge in [-0.15, -0.1) is 0 Å². The maximum absolute atomic E-state index is 14.5. The first-order valence-corrected chi connectivity index (χ1v) is 21.0. The molecule has 2 aromatic rings. The van der Waals surface area contributed by atoms with Gasteiger partial charge in [0.15, 0.2) is 0 Å². The van der Waals surface area contributed by atoms with Crippen LogP contribution in [0.1, 0.15) is 85.3 Å². The number of likely N-dealkylation sites (N-methyl/N-ethyl adjacent to an activating group) is 2. The van der Waals surface area contributed by atoms with E-state index in [2.05, 4.69) is 15.6 Å². The second kappa shape index (κ2) is 23.4. The summed E-state index contributed by atoms with van der Waals surface area (Å²) in [6.45, 7) is 14.5. The Balaban J connectivity index is 1.78. The third kappa shape index (κ3) is 13.3. The summed E-state index contributed by atoms with van der Waals surface area (Å²) in [4.78, 5) is 77.9. The fourth-order valence-electron chi connectivity index (χ4n) is 8.52. The third-order valence-electron chi connectivity index (χ3n) is 11.9. The molecule has 0 spiro atoms. The smallest absolute Gasteiger partial charge is 0.326 e. The van der Waals surface area contributed by atoms with Crippen molar-refractivity contribution in [1.82, 2.24) is 30.3 Å².